The molecule has 0 heterocycles. The van der Waals surface area contributed by atoms with E-state index in [1.165, 1.54) is 24.3 Å². The van der Waals surface area contributed by atoms with E-state index >= 15 is 0 Å². The van der Waals surface area contributed by atoms with E-state index in [4.69, 9.17) is 5.26 Å². The molecule has 1 aliphatic carbocycles. The summed E-state index contributed by atoms with van der Waals surface area (Å²) in [6.07, 6.45) is -9.85. The minimum atomic E-state index is -2.20. The van der Waals surface area contributed by atoms with Gasteiger partial charge in [0.2, 0.25) is 5.91 Å². The third-order valence-electron chi connectivity index (χ3n) is 3.66. The van der Waals surface area contributed by atoms with Crippen molar-refractivity contribution in [2.75, 3.05) is 5.32 Å². The van der Waals surface area contributed by atoms with Crippen LogP contribution in [0.2, 0.25) is 0 Å². The van der Waals surface area contributed by atoms with E-state index in [-0.39, 0.29) is 11.3 Å². The molecule has 0 spiro atoms. The summed E-state index contributed by atoms with van der Waals surface area (Å²) < 4.78 is 55.2. The first-order valence-corrected chi connectivity index (χ1v) is 6.77. The minimum Gasteiger partial charge on any atom is -0.325 e. The topological polar surface area (TPSA) is 52.9 Å². The molecule has 1 fully saturated rings. The second-order valence-electron chi connectivity index (χ2n) is 5.15. The lowest BCUT2D eigenvalue weighted by Crippen LogP contribution is -2.44. The Balaban J connectivity index is 2.34. The maximum absolute atomic E-state index is 14.1. The van der Waals surface area contributed by atoms with E-state index in [9.17, 15) is 22.4 Å². The van der Waals surface area contributed by atoms with Gasteiger partial charge >= 0.3 is 0 Å². The van der Waals surface area contributed by atoms with Crippen LogP contribution in [0.1, 0.15) is 24.3 Å². The molecule has 0 aliphatic heterocycles. The molecule has 3 nitrogen and oxygen atoms in total. The van der Waals surface area contributed by atoms with Crippen LogP contribution in [-0.2, 0) is 4.79 Å². The standard InChI is InChI=1S/C15H14F4N2O/c16-9-7-10(17)15(19)13(14(9)18)8-3-1-2-4-11(8)21-12(22)5-6-20/h1-4,9-10,13-15H,5,7H2,(H,21,22). The number of hydrogen-bond acceptors (Lipinski definition) is 2. The number of alkyl halides is 4. The van der Waals surface area contributed by atoms with Crippen LogP contribution in [-0.4, -0.2) is 30.6 Å². The molecule has 118 valence electrons. The number of hydrogen-bond donors (Lipinski definition) is 1. The van der Waals surface area contributed by atoms with Gasteiger partial charge in [0.15, 0.2) is 0 Å². The fraction of sp³-hybridized carbons (Fsp3) is 0.467. The molecule has 1 aromatic carbocycles. The Morgan fingerprint density at radius 2 is 1.77 bits per heavy atom. The van der Waals surface area contributed by atoms with Crippen molar-refractivity contribution in [1.82, 2.24) is 0 Å². The van der Waals surface area contributed by atoms with Crippen molar-refractivity contribution >= 4 is 11.6 Å². The summed E-state index contributed by atoms with van der Waals surface area (Å²) in [5, 5.41) is 10.8. The molecule has 1 amide bonds. The van der Waals surface area contributed by atoms with Crippen LogP contribution in [0.5, 0.6) is 0 Å². The SMILES string of the molecule is N#CCC(=O)Nc1ccccc1C1C(F)C(F)CC(F)C1F. The zero-order valence-corrected chi connectivity index (χ0v) is 11.5. The van der Waals surface area contributed by atoms with Crippen molar-refractivity contribution in [2.24, 2.45) is 0 Å². The lowest BCUT2D eigenvalue weighted by Gasteiger charge is -2.35. The molecule has 0 aromatic heterocycles. The fourth-order valence-electron chi connectivity index (χ4n) is 2.61. The van der Waals surface area contributed by atoms with Crippen molar-refractivity contribution in [3.63, 3.8) is 0 Å². The quantitative estimate of drug-likeness (QED) is 0.870. The molecule has 1 aromatic rings. The lowest BCUT2D eigenvalue weighted by molar-refractivity contribution is -0.115. The first-order chi connectivity index (χ1) is 10.5. The summed E-state index contributed by atoms with van der Waals surface area (Å²) in [7, 11) is 0. The van der Waals surface area contributed by atoms with Gasteiger partial charge in [-0.15, -0.1) is 0 Å². The molecule has 1 N–H and O–H groups in total. The van der Waals surface area contributed by atoms with Gasteiger partial charge in [0.25, 0.3) is 0 Å². The Morgan fingerprint density at radius 3 is 2.36 bits per heavy atom. The molecule has 0 bridgehead atoms. The van der Waals surface area contributed by atoms with Gasteiger partial charge in [0.1, 0.15) is 31.1 Å². The number of carbonyl (C=O) groups is 1. The van der Waals surface area contributed by atoms with Crippen LogP contribution in [0.3, 0.4) is 0 Å². The molecule has 4 atom stereocenters. The average molecular weight is 314 g/mol. The Kier molecular flexibility index (Phi) is 5.01. The Bertz CT molecular complexity index is 575. The molecule has 1 saturated carbocycles. The van der Waals surface area contributed by atoms with E-state index in [1.807, 2.05) is 0 Å². The van der Waals surface area contributed by atoms with Gasteiger partial charge in [-0.3, -0.25) is 4.79 Å². The van der Waals surface area contributed by atoms with Gasteiger partial charge in [-0.05, 0) is 11.6 Å². The highest BCUT2D eigenvalue weighted by Gasteiger charge is 2.48. The summed E-state index contributed by atoms with van der Waals surface area (Å²) in [6, 6.07) is 7.30. The van der Waals surface area contributed by atoms with Crippen LogP contribution < -0.4 is 5.32 Å². The largest absolute Gasteiger partial charge is 0.325 e. The number of rotatable bonds is 3. The number of nitrogens with one attached hydrogen (secondary N) is 1. The number of amides is 1. The van der Waals surface area contributed by atoms with Crippen LogP contribution in [0, 0.1) is 11.3 Å². The van der Waals surface area contributed by atoms with Crippen molar-refractivity contribution in [3.05, 3.63) is 29.8 Å². The normalized spacial score (nSPS) is 31.3. The van der Waals surface area contributed by atoms with Crippen molar-refractivity contribution in [2.45, 2.75) is 43.4 Å². The van der Waals surface area contributed by atoms with Crippen molar-refractivity contribution < 1.29 is 22.4 Å². The molecular formula is C15H14F4N2O. The summed E-state index contributed by atoms with van der Waals surface area (Å²) in [5.74, 6) is -2.30. The van der Waals surface area contributed by atoms with E-state index in [1.54, 1.807) is 6.07 Å². The van der Waals surface area contributed by atoms with E-state index in [2.05, 4.69) is 5.32 Å². The molecule has 0 radical (unpaired) electrons. The predicted molar refractivity (Wildman–Crippen MR) is 72.2 cm³/mol. The highest BCUT2D eigenvalue weighted by atomic mass is 19.2. The molecule has 4 unspecified atom stereocenters. The number of para-hydroxylation sites is 1. The van der Waals surface area contributed by atoms with Gasteiger partial charge in [0, 0.05) is 12.1 Å². The highest BCUT2D eigenvalue weighted by Crippen LogP contribution is 2.42. The monoisotopic (exact) mass is 314 g/mol. The molecule has 1 aliphatic rings. The molecular weight excluding hydrogens is 300 g/mol. The summed E-state index contributed by atoms with van der Waals surface area (Å²) in [6.45, 7) is 0. The number of halogens is 4. The average Bonchev–Trinajstić information content (AvgIpc) is 2.47. The maximum Gasteiger partial charge on any atom is 0.238 e. The number of benzene rings is 1. The fourth-order valence-corrected chi connectivity index (χ4v) is 2.61. The van der Waals surface area contributed by atoms with E-state index in [0.717, 1.165) is 0 Å². The predicted octanol–water partition coefficient (Wildman–Crippen LogP) is 3.38. The first kappa shape index (κ1) is 16.3. The number of anilines is 1. The molecule has 0 saturated heterocycles. The second kappa shape index (κ2) is 6.77. The summed E-state index contributed by atoms with van der Waals surface area (Å²) >= 11 is 0. The summed E-state index contributed by atoms with van der Waals surface area (Å²) in [4.78, 5) is 11.5. The Labute approximate surface area is 124 Å². The van der Waals surface area contributed by atoms with Gasteiger partial charge in [0.05, 0.1) is 12.0 Å². The molecule has 7 heteroatoms. The van der Waals surface area contributed by atoms with Gasteiger partial charge in [-0.1, -0.05) is 18.2 Å². The zero-order chi connectivity index (χ0) is 16.3. The van der Waals surface area contributed by atoms with Gasteiger partial charge in [-0.25, -0.2) is 17.6 Å². The van der Waals surface area contributed by atoms with Crippen LogP contribution >= 0.6 is 0 Å². The van der Waals surface area contributed by atoms with Gasteiger partial charge < -0.3 is 5.32 Å². The van der Waals surface area contributed by atoms with Gasteiger partial charge in [-0.2, -0.15) is 5.26 Å². The number of carbonyl (C=O) groups excluding carboxylic acids is 1. The molecule has 2 rings (SSSR count). The lowest BCUT2D eigenvalue weighted by atomic mass is 9.78. The third kappa shape index (κ3) is 3.21. The van der Waals surface area contributed by atoms with E-state index < -0.39 is 49.4 Å². The maximum atomic E-state index is 14.1. The molecule has 22 heavy (non-hydrogen) atoms. The highest BCUT2D eigenvalue weighted by molar-refractivity contribution is 5.92. The van der Waals surface area contributed by atoms with Crippen LogP contribution in [0.15, 0.2) is 24.3 Å². The third-order valence-corrected chi connectivity index (χ3v) is 3.66. The number of nitriles is 1. The van der Waals surface area contributed by atoms with Crippen molar-refractivity contribution in [3.8, 4) is 6.07 Å². The second-order valence-corrected chi connectivity index (χ2v) is 5.15. The zero-order valence-electron chi connectivity index (χ0n) is 11.5. The smallest absolute Gasteiger partial charge is 0.238 e. The van der Waals surface area contributed by atoms with Crippen molar-refractivity contribution in [1.29, 1.82) is 5.26 Å². The minimum absolute atomic E-state index is 0.0150. The Hall–Kier alpha value is -2.10. The number of nitrogens with zero attached hydrogens (tertiary/aromatic N) is 1. The first-order valence-electron chi connectivity index (χ1n) is 6.77. The van der Waals surface area contributed by atoms with E-state index in [0.29, 0.717) is 0 Å². The van der Waals surface area contributed by atoms with Crippen LogP contribution in [0.4, 0.5) is 23.2 Å². The summed E-state index contributed by atoms with van der Waals surface area (Å²) in [5.41, 5.74) is 0.0399. The van der Waals surface area contributed by atoms with Crippen LogP contribution in [0.25, 0.3) is 0 Å². The Morgan fingerprint density at radius 1 is 1.18 bits per heavy atom.